The molecule has 1 aliphatic carbocycles. The van der Waals surface area contributed by atoms with E-state index in [9.17, 15) is 10.1 Å². The number of allylic oxidation sites excluding steroid dienone is 4. The Labute approximate surface area is 137 Å². The van der Waals surface area contributed by atoms with Gasteiger partial charge in [0.2, 0.25) is 5.91 Å². The Kier molecular flexibility index (Phi) is 4.20. The summed E-state index contributed by atoms with van der Waals surface area (Å²) in [5.41, 5.74) is 3.77. The third kappa shape index (κ3) is 3.00. The maximum absolute atomic E-state index is 12.1. The molecule has 118 valence electrons. The number of fused-ring (bicyclic) bond motifs is 1. The maximum Gasteiger partial charge on any atom is 0.224 e. The predicted octanol–water partition coefficient (Wildman–Crippen LogP) is 3.57. The fraction of sp³-hybridized carbons (Fsp3) is 0.368. The lowest BCUT2D eigenvalue weighted by atomic mass is 9.90. The first-order valence-corrected chi connectivity index (χ1v) is 8.06. The van der Waals surface area contributed by atoms with Crippen molar-refractivity contribution in [2.45, 2.75) is 45.2 Å². The lowest BCUT2D eigenvalue weighted by Gasteiger charge is -2.40. The van der Waals surface area contributed by atoms with Gasteiger partial charge in [-0.25, -0.2) is 0 Å². The van der Waals surface area contributed by atoms with Crippen LogP contribution in [0.3, 0.4) is 0 Å². The number of carbonyl (C=O) groups is 1. The van der Waals surface area contributed by atoms with Crippen LogP contribution in [-0.4, -0.2) is 11.9 Å². The first-order valence-electron chi connectivity index (χ1n) is 8.06. The molecule has 1 aliphatic heterocycles. The number of benzene rings is 1. The van der Waals surface area contributed by atoms with Gasteiger partial charge < -0.3 is 10.2 Å². The summed E-state index contributed by atoms with van der Waals surface area (Å²) in [5, 5.41) is 12.8. The van der Waals surface area contributed by atoms with Crippen LogP contribution in [0, 0.1) is 11.3 Å². The van der Waals surface area contributed by atoms with Crippen LogP contribution >= 0.6 is 0 Å². The summed E-state index contributed by atoms with van der Waals surface area (Å²) in [6, 6.07) is 8.08. The Hall–Kier alpha value is -2.54. The van der Waals surface area contributed by atoms with Gasteiger partial charge in [-0.15, -0.1) is 0 Å². The molecule has 0 bridgehead atoms. The number of nitrogens with zero attached hydrogens (tertiary/aromatic N) is 2. The normalized spacial score (nSPS) is 22.8. The Morgan fingerprint density at radius 1 is 1.43 bits per heavy atom. The zero-order valence-electron chi connectivity index (χ0n) is 13.5. The van der Waals surface area contributed by atoms with Crippen molar-refractivity contribution in [1.29, 1.82) is 5.26 Å². The monoisotopic (exact) mass is 307 g/mol. The number of rotatable bonds is 2. The molecule has 0 radical (unpaired) electrons. The van der Waals surface area contributed by atoms with Crippen LogP contribution in [0.5, 0.6) is 0 Å². The van der Waals surface area contributed by atoms with Crippen LogP contribution in [0.25, 0.3) is 0 Å². The first-order chi connectivity index (χ1) is 11.1. The molecule has 4 nitrogen and oxygen atoms in total. The molecule has 1 heterocycles. The predicted molar refractivity (Wildman–Crippen MR) is 90.7 cm³/mol. The van der Waals surface area contributed by atoms with E-state index >= 15 is 0 Å². The molecule has 0 saturated heterocycles. The average molecular weight is 307 g/mol. The van der Waals surface area contributed by atoms with Gasteiger partial charge in [-0.2, -0.15) is 5.26 Å². The van der Waals surface area contributed by atoms with Gasteiger partial charge in [-0.1, -0.05) is 18.2 Å². The van der Waals surface area contributed by atoms with E-state index in [1.54, 1.807) is 6.92 Å². The summed E-state index contributed by atoms with van der Waals surface area (Å²) in [4.78, 5) is 13.9. The molecule has 0 saturated carbocycles. The molecular formula is C19H21N3O. The van der Waals surface area contributed by atoms with Crippen molar-refractivity contribution < 1.29 is 4.79 Å². The highest BCUT2D eigenvalue weighted by molar-refractivity contribution is 5.94. The summed E-state index contributed by atoms with van der Waals surface area (Å²) in [5.74, 6) is 0.0205. The van der Waals surface area contributed by atoms with E-state index in [0.29, 0.717) is 5.56 Å². The first kappa shape index (κ1) is 15.4. The zero-order valence-corrected chi connectivity index (χ0v) is 13.5. The lowest BCUT2D eigenvalue weighted by Crippen LogP contribution is -2.44. The fourth-order valence-corrected chi connectivity index (χ4v) is 3.49. The molecule has 1 N–H and O–H groups in total. The second-order valence-electron chi connectivity index (χ2n) is 6.21. The van der Waals surface area contributed by atoms with Gasteiger partial charge in [-0.05, 0) is 50.0 Å². The third-order valence-electron chi connectivity index (χ3n) is 4.52. The zero-order chi connectivity index (χ0) is 16.4. The van der Waals surface area contributed by atoms with Crippen LogP contribution in [0.2, 0.25) is 0 Å². The summed E-state index contributed by atoms with van der Waals surface area (Å²) >= 11 is 0. The lowest BCUT2D eigenvalue weighted by molar-refractivity contribution is -0.117. The Balaban J connectivity index is 1.99. The SMILES string of the molecule is CC(=O)N1c2cc(C#N)ccc2C(NC2=CC=CCC2)CC1C. The molecule has 4 heteroatoms. The number of carbonyl (C=O) groups excluding carboxylic acids is 1. The summed E-state index contributed by atoms with van der Waals surface area (Å²) in [7, 11) is 0. The van der Waals surface area contributed by atoms with Gasteiger partial charge in [0.05, 0.1) is 23.4 Å². The highest BCUT2D eigenvalue weighted by Crippen LogP contribution is 2.38. The molecule has 1 amide bonds. The van der Waals surface area contributed by atoms with Crippen molar-refractivity contribution in [2.24, 2.45) is 0 Å². The number of anilines is 1. The molecule has 1 aromatic rings. The van der Waals surface area contributed by atoms with Crippen molar-refractivity contribution in [3.8, 4) is 6.07 Å². The van der Waals surface area contributed by atoms with Crippen LogP contribution in [0.4, 0.5) is 5.69 Å². The molecule has 0 fully saturated rings. The molecular weight excluding hydrogens is 286 g/mol. The topological polar surface area (TPSA) is 56.1 Å². The molecule has 2 atom stereocenters. The second-order valence-corrected chi connectivity index (χ2v) is 6.21. The number of hydrogen-bond acceptors (Lipinski definition) is 3. The highest BCUT2D eigenvalue weighted by atomic mass is 16.2. The average Bonchev–Trinajstić information content (AvgIpc) is 2.54. The maximum atomic E-state index is 12.1. The molecule has 23 heavy (non-hydrogen) atoms. The van der Waals surface area contributed by atoms with Crippen molar-refractivity contribution in [2.75, 3.05) is 4.90 Å². The van der Waals surface area contributed by atoms with Gasteiger partial charge in [-0.3, -0.25) is 4.79 Å². The number of nitrogens with one attached hydrogen (secondary N) is 1. The van der Waals surface area contributed by atoms with E-state index in [1.165, 1.54) is 5.70 Å². The van der Waals surface area contributed by atoms with Crippen molar-refractivity contribution in [3.63, 3.8) is 0 Å². The third-order valence-corrected chi connectivity index (χ3v) is 4.52. The Bertz CT molecular complexity index is 727. The second kappa shape index (κ2) is 6.29. The summed E-state index contributed by atoms with van der Waals surface area (Å²) in [6.45, 7) is 3.65. The van der Waals surface area contributed by atoms with Gasteiger partial charge in [0, 0.05) is 18.7 Å². The van der Waals surface area contributed by atoms with Gasteiger partial charge in [0.15, 0.2) is 0 Å². The number of nitriles is 1. The number of hydrogen-bond donors (Lipinski definition) is 1. The number of amides is 1. The quantitative estimate of drug-likeness (QED) is 0.908. The highest BCUT2D eigenvalue weighted by Gasteiger charge is 2.32. The van der Waals surface area contributed by atoms with Crippen molar-refractivity contribution in [1.82, 2.24) is 5.32 Å². The molecule has 0 aromatic heterocycles. The van der Waals surface area contributed by atoms with Crippen LogP contribution in [-0.2, 0) is 4.79 Å². The van der Waals surface area contributed by atoms with Crippen LogP contribution in [0.15, 0.2) is 42.1 Å². The smallest absolute Gasteiger partial charge is 0.224 e. The summed E-state index contributed by atoms with van der Waals surface area (Å²) in [6.07, 6.45) is 9.30. The van der Waals surface area contributed by atoms with E-state index in [1.807, 2.05) is 23.1 Å². The van der Waals surface area contributed by atoms with E-state index in [-0.39, 0.29) is 18.0 Å². The minimum atomic E-state index is 0.0205. The molecule has 2 aliphatic rings. The van der Waals surface area contributed by atoms with Gasteiger partial charge >= 0.3 is 0 Å². The van der Waals surface area contributed by atoms with Crippen LogP contribution < -0.4 is 10.2 Å². The summed E-state index contributed by atoms with van der Waals surface area (Å²) < 4.78 is 0. The van der Waals surface area contributed by atoms with Gasteiger partial charge in [0.25, 0.3) is 0 Å². The molecule has 0 spiro atoms. The largest absolute Gasteiger partial charge is 0.381 e. The van der Waals surface area contributed by atoms with Crippen molar-refractivity contribution >= 4 is 11.6 Å². The molecule has 3 rings (SSSR count). The standard InChI is InChI=1S/C19H21N3O/c1-13-10-18(21-16-6-4-3-5-7-16)17-9-8-15(12-20)11-19(17)22(13)14(2)23/h3-4,6,8-9,11,13,18,21H,5,7,10H2,1-2H3. The fourth-order valence-electron chi connectivity index (χ4n) is 3.49. The minimum absolute atomic E-state index is 0.0205. The Morgan fingerprint density at radius 3 is 2.91 bits per heavy atom. The van der Waals surface area contributed by atoms with E-state index in [2.05, 4.69) is 36.5 Å². The molecule has 1 aromatic carbocycles. The van der Waals surface area contributed by atoms with Crippen LogP contribution in [0.1, 0.15) is 50.3 Å². The van der Waals surface area contributed by atoms with Gasteiger partial charge in [0.1, 0.15) is 0 Å². The van der Waals surface area contributed by atoms with E-state index < -0.39 is 0 Å². The van der Waals surface area contributed by atoms with E-state index in [4.69, 9.17) is 0 Å². The van der Waals surface area contributed by atoms with Crippen molar-refractivity contribution in [3.05, 3.63) is 53.3 Å². The van der Waals surface area contributed by atoms with E-state index in [0.717, 1.165) is 30.5 Å². The minimum Gasteiger partial charge on any atom is -0.381 e. The molecule has 2 unspecified atom stereocenters. The Morgan fingerprint density at radius 2 is 2.26 bits per heavy atom.